The molecule has 0 aromatic heterocycles. The van der Waals surface area contributed by atoms with Gasteiger partial charge in [0.1, 0.15) is 0 Å². The van der Waals surface area contributed by atoms with E-state index in [1.54, 1.807) is 0 Å². The predicted octanol–water partition coefficient (Wildman–Crippen LogP) is 2.40. The molecule has 0 atom stereocenters. The number of aliphatic carboxylic acids is 1. The summed E-state index contributed by atoms with van der Waals surface area (Å²) < 4.78 is 26.6. The molecule has 0 unspecified atom stereocenters. The second kappa shape index (κ2) is 5.17. The molecule has 1 aromatic rings. The van der Waals surface area contributed by atoms with Crippen LogP contribution in [0.15, 0.2) is 12.1 Å². The summed E-state index contributed by atoms with van der Waals surface area (Å²) in [4.78, 5) is 20.7. The number of nitro groups is 1. The zero-order valence-corrected chi connectivity index (χ0v) is 10.2. The van der Waals surface area contributed by atoms with Gasteiger partial charge < -0.3 is 10.4 Å². The van der Waals surface area contributed by atoms with Gasteiger partial charge in [-0.15, -0.1) is 0 Å². The van der Waals surface area contributed by atoms with Crippen LogP contribution in [0.5, 0.6) is 0 Å². The minimum atomic E-state index is -1.41. The van der Waals surface area contributed by atoms with E-state index in [-0.39, 0.29) is 6.54 Å². The molecule has 2 N–H and O–H groups in total. The first kappa shape index (κ1) is 14.8. The first-order valence-electron chi connectivity index (χ1n) is 5.26. The van der Waals surface area contributed by atoms with Crippen LogP contribution in [0.25, 0.3) is 0 Å². The lowest BCUT2D eigenvalue weighted by molar-refractivity contribution is -0.384. The summed E-state index contributed by atoms with van der Waals surface area (Å²) in [5, 5.41) is 21.9. The Balaban J connectivity index is 3.10. The maximum absolute atomic E-state index is 13.5. The zero-order chi connectivity index (χ0) is 14.8. The van der Waals surface area contributed by atoms with Crippen molar-refractivity contribution in [3.63, 3.8) is 0 Å². The number of carboxylic acid groups (broad SMARTS) is 1. The zero-order valence-electron chi connectivity index (χ0n) is 10.2. The number of hydrogen-bond donors (Lipinski definition) is 2. The van der Waals surface area contributed by atoms with E-state index in [4.69, 9.17) is 5.11 Å². The minimum Gasteiger partial charge on any atom is -0.481 e. The van der Waals surface area contributed by atoms with E-state index in [1.807, 2.05) is 0 Å². The quantitative estimate of drug-likeness (QED) is 0.635. The minimum absolute atomic E-state index is 0.288. The number of benzene rings is 1. The van der Waals surface area contributed by atoms with Gasteiger partial charge in [-0.2, -0.15) is 0 Å². The second-order valence-corrected chi connectivity index (χ2v) is 4.56. The van der Waals surface area contributed by atoms with E-state index < -0.39 is 39.3 Å². The van der Waals surface area contributed by atoms with Crippen LogP contribution in [0.4, 0.5) is 20.2 Å². The average molecular weight is 274 g/mol. The molecule has 0 amide bonds. The molecule has 0 aliphatic rings. The normalized spacial score (nSPS) is 11.2. The van der Waals surface area contributed by atoms with Crippen molar-refractivity contribution < 1.29 is 23.6 Å². The third kappa shape index (κ3) is 3.15. The molecule has 19 heavy (non-hydrogen) atoms. The van der Waals surface area contributed by atoms with E-state index in [1.165, 1.54) is 13.8 Å². The lowest BCUT2D eigenvalue weighted by Gasteiger charge is -2.20. The third-order valence-electron chi connectivity index (χ3n) is 2.56. The highest BCUT2D eigenvalue weighted by molar-refractivity contribution is 5.75. The Morgan fingerprint density at radius 2 is 2.05 bits per heavy atom. The van der Waals surface area contributed by atoms with E-state index in [2.05, 4.69) is 5.32 Å². The van der Waals surface area contributed by atoms with Crippen molar-refractivity contribution in [1.29, 1.82) is 0 Å². The molecule has 1 aromatic carbocycles. The molecular weight excluding hydrogens is 262 g/mol. The van der Waals surface area contributed by atoms with Crippen molar-refractivity contribution in [2.75, 3.05) is 11.9 Å². The van der Waals surface area contributed by atoms with Gasteiger partial charge in [-0.3, -0.25) is 14.9 Å². The highest BCUT2D eigenvalue weighted by Gasteiger charge is 2.29. The van der Waals surface area contributed by atoms with Crippen molar-refractivity contribution in [1.82, 2.24) is 0 Å². The van der Waals surface area contributed by atoms with Gasteiger partial charge in [0, 0.05) is 12.6 Å². The van der Waals surface area contributed by atoms with Crippen LogP contribution in [0.2, 0.25) is 0 Å². The number of anilines is 1. The van der Waals surface area contributed by atoms with Gasteiger partial charge >= 0.3 is 5.97 Å². The fourth-order valence-corrected chi connectivity index (χ4v) is 1.25. The summed E-state index contributed by atoms with van der Waals surface area (Å²) >= 11 is 0. The summed E-state index contributed by atoms with van der Waals surface area (Å²) in [7, 11) is 0. The first-order chi connectivity index (χ1) is 8.66. The monoisotopic (exact) mass is 274 g/mol. The Kier molecular flexibility index (Phi) is 4.03. The predicted molar refractivity (Wildman–Crippen MR) is 62.9 cm³/mol. The number of nitrogens with zero attached hydrogens (tertiary/aromatic N) is 1. The van der Waals surface area contributed by atoms with Crippen molar-refractivity contribution in [3.8, 4) is 0 Å². The standard InChI is InChI=1S/C11H12F2N2O4/c1-11(2,10(16)17)5-14-9-7(15(18)19)4-3-6(12)8(9)13/h3-4,14H,5H2,1-2H3,(H,16,17). The molecule has 104 valence electrons. The van der Waals surface area contributed by atoms with E-state index in [0.717, 1.165) is 6.07 Å². The van der Waals surface area contributed by atoms with Gasteiger partial charge in [-0.05, 0) is 19.9 Å². The maximum Gasteiger partial charge on any atom is 0.310 e. The highest BCUT2D eigenvalue weighted by Crippen LogP contribution is 2.30. The van der Waals surface area contributed by atoms with Crippen LogP contribution < -0.4 is 5.32 Å². The van der Waals surface area contributed by atoms with Crippen LogP contribution in [-0.4, -0.2) is 22.5 Å². The topological polar surface area (TPSA) is 92.5 Å². The van der Waals surface area contributed by atoms with Crippen LogP contribution in [0.3, 0.4) is 0 Å². The van der Waals surface area contributed by atoms with Gasteiger partial charge in [0.15, 0.2) is 17.3 Å². The number of carboxylic acids is 1. The second-order valence-electron chi connectivity index (χ2n) is 4.56. The number of nitrogens with one attached hydrogen (secondary N) is 1. The molecule has 1 rings (SSSR count). The summed E-state index contributed by atoms with van der Waals surface area (Å²) in [5.41, 5.74) is -2.59. The molecule has 0 spiro atoms. The molecule has 0 heterocycles. The van der Waals surface area contributed by atoms with Crippen molar-refractivity contribution in [2.24, 2.45) is 5.41 Å². The van der Waals surface area contributed by atoms with Crippen molar-refractivity contribution in [2.45, 2.75) is 13.8 Å². The van der Waals surface area contributed by atoms with Crippen LogP contribution in [-0.2, 0) is 4.79 Å². The summed E-state index contributed by atoms with van der Waals surface area (Å²) in [5.74, 6) is -3.82. The molecule has 8 heteroatoms. The van der Waals surface area contributed by atoms with Gasteiger partial charge in [0.25, 0.3) is 5.69 Å². The summed E-state index contributed by atoms with van der Waals surface area (Å²) in [6.07, 6.45) is 0. The molecule has 0 aliphatic heterocycles. The molecular formula is C11H12F2N2O4. The summed E-state index contributed by atoms with van der Waals surface area (Å²) in [6, 6.07) is 1.45. The van der Waals surface area contributed by atoms with E-state index in [0.29, 0.717) is 6.07 Å². The van der Waals surface area contributed by atoms with Gasteiger partial charge in [-0.1, -0.05) is 0 Å². The van der Waals surface area contributed by atoms with Crippen molar-refractivity contribution >= 4 is 17.3 Å². The summed E-state index contributed by atoms with van der Waals surface area (Å²) in [6.45, 7) is 2.42. The Morgan fingerprint density at radius 3 is 2.53 bits per heavy atom. The van der Waals surface area contributed by atoms with Crippen molar-refractivity contribution in [3.05, 3.63) is 33.9 Å². The molecule has 0 aliphatic carbocycles. The highest BCUT2D eigenvalue weighted by atomic mass is 19.2. The number of carbonyl (C=O) groups is 1. The molecule has 0 saturated heterocycles. The largest absolute Gasteiger partial charge is 0.481 e. The van der Waals surface area contributed by atoms with Crippen LogP contribution >= 0.6 is 0 Å². The number of hydrogen-bond acceptors (Lipinski definition) is 4. The molecule has 0 bridgehead atoms. The lowest BCUT2D eigenvalue weighted by Crippen LogP contribution is -2.32. The fourth-order valence-electron chi connectivity index (χ4n) is 1.25. The average Bonchev–Trinajstić information content (AvgIpc) is 2.30. The Labute approximate surface area is 107 Å². The molecule has 0 radical (unpaired) electrons. The molecule has 6 nitrogen and oxygen atoms in total. The Bertz CT molecular complexity index is 532. The van der Waals surface area contributed by atoms with Crippen LogP contribution in [0.1, 0.15) is 13.8 Å². The van der Waals surface area contributed by atoms with Gasteiger partial charge in [-0.25, -0.2) is 8.78 Å². The number of rotatable bonds is 5. The van der Waals surface area contributed by atoms with E-state index in [9.17, 15) is 23.7 Å². The number of nitro benzene ring substituents is 1. The Morgan fingerprint density at radius 1 is 1.47 bits per heavy atom. The van der Waals surface area contributed by atoms with Crippen LogP contribution in [0, 0.1) is 27.2 Å². The third-order valence-corrected chi connectivity index (χ3v) is 2.56. The molecule has 0 fully saturated rings. The number of halogens is 2. The smallest absolute Gasteiger partial charge is 0.310 e. The molecule has 0 saturated carbocycles. The van der Waals surface area contributed by atoms with Gasteiger partial charge in [0.05, 0.1) is 10.3 Å². The maximum atomic E-state index is 13.5. The fraction of sp³-hybridized carbons (Fsp3) is 0.364. The van der Waals surface area contributed by atoms with E-state index >= 15 is 0 Å². The SMILES string of the molecule is CC(C)(CNc1c([N+](=O)[O-])ccc(F)c1F)C(=O)O. The van der Waals surface area contributed by atoms with Gasteiger partial charge in [0.2, 0.25) is 0 Å². The lowest BCUT2D eigenvalue weighted by atomic mass is 9.94. The Hall–Kier alpha value is -2.25. The first-order valence-corrected chi connectivity index (χ1v) is 5.26.